The van der Waals surface area contributed by atoms with Crippen molar-refractivity contribution in [2.75, 3.05) is 0 Å². The molecule has 134 valence electrons. The summed E-state index contributed by atoms with van der Waals surface area (Å²) in [6.07, 6.45) is -3.46. The second kappa shape index (κ2) is 8.19. The second-order valence-electron chi connectivity index (χ2n) is 6.37. The molecule has 0 unspecified atom stereocenters. The number of rotatable bonds is 6. The van der Waals surface area contributed by atoms with Crippen LogP contribution in [-0.4, -0.2) is 5.91 Å². The Labute approximate surface area is 146 Å². The van der Waals surface area contributed by atoms with Gasteiger partial charge in [0, 0.05) is 13.0 Å². The average Bonchev–Trinajstić information content (AvgIpc) is 2.58. The Balaban J connectivity index is 1.83. The molecule has 0 bridgehead atoms. The van der Waals surface area contributed by atoms with Crippen LogP contribution < -0.4 is 5.32 Å². The molecule has 0 spiro atoms. The van der Waals surface area contributed by atoms with E-state index in [4.69, 9.17) is 0 Å². The van der Waals surface area contributed by atoms with Crippen molar-refractivity contribution in [3.63, 3.8) is 0 Å². The predicted octanol–water partition coefficient (Wildman–Crippen LogP) is 5.08. The molecule has 0 aliphatic heterocycles. The smallest absolute Gasteiger partial charge is 0.352 e. The van der Waals surface area contributed by atoms with Crippen molar-refractivity contribution < 1.29 is 18.0 Å². The molecule has 0 aliphatic carbocycles. The molecule has 2 aromatic rings. The first-order valence-corrected chi connectivity index (χ1v) is 8.27. The average molecular weight is 349 g/mol. The summed E-state index contributed by atoms with van der Waals surface area (Å²) in [5.41, 5.74) is 2.05. The Morgan fingerprint density at radius 2 is 1.72 bits per heavy atom. The number of hydrogen-bond acceptors (Lipinski definition) is 1. The molecule has 2 aromatic carbocycles. The van der Waals surface area contributed by atoms with Crippen LogP contribution in [0.15, 0.2) is 48.5 Å². The Hall–Kier alpha value is -2.30. The van der Waals surface area contributed by atoms with Crippen LogP contribution in [0.3, 0.4) is 0 Å². The molecular formula is C20H22F3NO. The summed E-state index contributed by atoms with van der Waals surface area (Å²) in [6, 6.07) is 13.1. The molecule has 1 N–H and O–H groups in total. The fraction of sp³-hybridized carbons (Fsp3) is 0.350. The summed E-state index contributed by atoms with van der Waals surface area (Å²) in [4.78, 5) is 11.9. The van der Waals surface area contributed by atoms with Crippen LogP contribution in [0, 0.1) is 0 Å². The van der Waals surface area contributed by atoms with Gasteiger partial charge in [0.05, 0.1) is 5.56 Å². The molecule has 0 aromatic heterocycles. The maximum atomic E-state index is 12.7. The number of carbonyl (C=O) groups excluding carboxylic acids is 1. The molecule has 25 heavy (non-hydrogen) atoms. The van der Waals surface area contributed by atoms with Crippen LogP contribution in [-0.2, 0) is 23.9 Å². The highest BCUT2D eigenvalue weighted by molar-refractivity contribution is 5.76. The zero-order valence-corrected chi connectivity index (χ0v) is 14.4. The van der Waals surface area contributed by atoms with E-state index >= 15 is 0 Å². The summed E-state index contributed by atoms with van der Waals surface area (Å²) in [5, 5.41) is 2.67. The van der Waals surface area contributed by atoms with Gasteiger partial charge in [-0.1, -0.05) is 50.2 Å². The fourth-order valence-electron chi connectivity index (χ4n) is 2.47. The van der Waals surface area contributed by atoms with Crippen molar-refractivity contribution in [2.45, 2.75) is 45.3 Å². The third kappa shape index (κ3) is 5.93. The molecule has 2 nitrogen and oxygen atoms in total. The monoisotopic (exact) mass is 349 g/mol. The first kappa shape index (κ1) is 19.0. The van der Waals surface area contributed by atoms with Crippen molar-refractivity contribution in [2.24, 2.45) is 0 Å². The number of halogens is 3. The highest BCUT2D eigenvalue weighted by Gasteiger charge is 2.30. The van der Waals surface area contributed by atoms with E-state index in [1.807, 2.05) is 12.1 Å². The summed E-state index contributed by atoms with van der Waals surface area (Å²) >= 11 is 0. The van der Waals surface area contributed by atoms with Gasteiger partial charge in [-0.05, 0) is 41.2 Å². The van der Waals surface area contributed by atoms with E-state index in [1.165, 1.54) is 11.6 Å². The van der Waals surface area contributed by atoms with E-state index in [0.717, 1.165) is 17.7 Å². The van der Waals surface area contributed by atoms with E-state index in [2.05, 4.69) is 31.3 Å². The van der Waals surface area contributed by atoms with Gasteiger partial charge in [-0.3, -0.25) is 4.79 Å². The van der Waals surface area contributed by atoms with E-state index < -0.39 is 11.7 Å². The lowest BCUT2D eigenvalue weighted by Gasteiger charge is -2.10. The number of hydrogen-bond donors (Lipinski definition) is 1. The second-order valence-corrected chi connectivity index (χ2v) is 6.37. The van der Waals surface area contributed by atoms with Gasteiger partial charge in [-0.2, -0.15) is 13.2 Å². The van der Waals surface area contributed by atoms with E-state index in [0.29, 0.717) is 24.3 Å². The lowest BCUT2D eigenvalue weighted by Crippen LogP contribution is -2.23. The molecule has 0 radical (unpaired) electrons. The van der Waals surface area contributed by atoms with Gasteiger partial charge in [0.15, 0.2) is 0 Å². The number of nitrogens with one attached hydrogen (secondary N) is 1. The minimum atomic E-state index is -4.37. The third-order valence-electron chi connectivity index (χ3n) is 4.03. The number of amides is 1. The van der Waals surface area contributed by atoms with E-state index in [1.54, 1.807) is 6.07 Å². The zero-order chi connectivity index (χ0) is 18.4. The lowest BCUT2D eigenvalue weighted by molar-refractivity contribution is -0.137. The highest BCUT2D eigenvalue weighted by atomic mass is 19.4. The van der Waals surface area contributed by atoms with Crippen molar-refractivity contribution >= 4 is 5.91 Å². The third-order valence-corrected chi connectivity index (χ3v) is 4.03. The van der Waals surface area contributed by atoms with Crippen molar-refractivity contribution in [1.82, 2.24) is 5.32 Å². The molecule has 2 rings (SSSR count). The summed E-state index contributed by atoms with van der Waals surface area (Å²) in [5.74, 6) is 0.287. The largest absolute Gasteiger partial charge is 0.416 e. The van der Waals surface area contributed by atoms with Gasteiger partial charge in [0.2, 0.25) is 5.91 Å². The SMILES string of the molecule is CC(C)c1ccc(CCC(=O)NCc2cccc(C(F)(F)F)c2)cc1. The zero-order valence-electron chi connectivity index (χ0n) is 14.4. The molecular weight excluding hydrogens is 327 g/mol. The van der Waals surface area contributed by atoms with E-state index in [9.17, 15) is 18.0 Å². The lowest BCUT2D eigenvalue weighted by atomic mass is 10.0. The molecule has 0 saturated heterocycles. The van der Waals surface area contributed by atoms with Crippen molar-refractivity contribution in [3.8, 4) is 0 Å². The predicted molar refractivity (Wildman–Crippen MR) is 92.1 cm³/mol. The summed E-state index contributed by atoms with van der Waals surface area (Å²) in [6.45, 7) is 4.33. The van der Waals surface area contributed by atoms with Crippen molar-refractivity contribution in [3.05, 3.63) is 70.8 Å². The minimum absolute atomic E-state index is 0.0923. The fourth-order valence-corrected chi connectivity index (χ4v) is 2.47. The molecule has 0 fully saturated rings. The van der Waals surface area contributed by atoms with Gasteiger partial charge >= 0.3 is 6.18 Å². The van der Waals surface area contributed by atoms with Crippen LogP contribution in [0.4, 0.5) is 13.2 Å². The van der Waals surface area contributed by atoms with Crippen molar-refractivity contribution in [1.29, 1.82) is 0 Å². The number of aryl methyl sites for hydroxylation is 1. The van der Waals surface area contributed by atoms with Crippen LogP contribution >= 0.6 is 0 Å². The minimum Gasteiger partial charge on any atom is -0.352 e. The van der Waals surface area contributed by atoms with Crippen LogP contribution in [0.25, 0.3) is 0 Å². The van der Waals surface area contributed by atoms with Gasteiger partial charge < -0.3 is 5.32 Å². The van der Waals surface area contributed by atoms with Gasteiger partial charge in [-0.25, -0.2) is 0 Å². The normalized spacial score (nSPS) is 11.6. The summed E-state index contributed by atoms with van der Waals surface area (Å²) < 4.78 is 38.0. The molecule has 5 heteroatoms. The Bertz CT molecular complexity index is 706. The first-order valence-electron chi connectivity index (χ1n) is 8.27. The van der Waals surface area contributed by atoms with Gasteiger partial charge in [0.25, 0.3) is 0 Å². The highest BCUT2D eigenvalue weighted by Crippen LogP contribution is 2.29. The Morgan fingerprint density at radius 1 is 1.04 bits per heavy atom. The van der Waals surface area contributed by atoms with E-state index in [-0.39, 0.29) is 12.5 Å². The first-order chi connectivity index (χ1) is 11.8. The maximum absolute atomic E-state index is 12.7. The van der Waals surface area contributed by atoms with Gasteiger partial charge in [-0.15, -0.1) is 0 Å². The maximum Gasteiger partial charge on any atom is 0.416 e. The van der Waals surface area contributed by atoms with Crippen LogP contribution in [0.5, 0.6) is 0 Å². The Morgan fingerprint density at radius 3 is 2.32 bits per heavy atom. The summed E-state index contributed by atoms with van der Waals surface area (Å²) in [7, 11) is 0. The quantitative estimate of drug-likeness (QED) is 0.774. The topological polar surface area (TPSA) is 29.1 Å². The molecule has 0 saturated carbocycles. The van der Waals surface area contributed by atoms with Gasteiger partial charge in [0.1, 0.15) is 0 Å². The number of alkyl halides is 3. The van der Waals surface area contributed by atoms with Crippen LogP contribution in [0.2, 0.25) is 0 Å². The number of carbonyl (C=O) groups is 1. The number of benzene rings is 2. The standard InChI is InChI=1S/C20H22F3NO/c1-14(2)17-9-6-15(7-10-17)8-11-19(25)24-13-16-4-3-5-18(12-16)20(21,22)23/h3-7,9-10,12,14H,8,11,13H2,1-2H3,(H,24,25). The van der Waals surface area contributed by atoms with Crippen LogP contribution in [0.1, 0.15) is 48.4 Å². The molecule has 0 aliphatic rings. The molecule has 0 heterocycles. The molecule has 0 atom stereocenters. The Kier molecular flexibility index (Phi) is 6.23. The molecule has 1 amide bonds.